The molecular formula is C13H20N4O2. The molecule has 3 N–H and O–H groups in total. The average Bonchev–Trinajstić information content (AvgIpc) is 2.47. The highest BCUT2D eigenvalue weighted by Crippen LogP contribution is 2.24. The Morgan fingerprint density at radius 2 is 2.32 bits per heavy atom. The lowest BCUT2D eigenvalue weighted by atomic mass is 10.1. The first-order chi connectivity index (χ1) is 9.26. The van der Waals surface area contributed by atoms with Crippen LogP contribution in [0.15, 0.2) is 23.6 Å². The van der Waals surface area contributed by atoms with Gasteiger partial charge in [-0.25, -0.2) is 0 Å². The van der Waals surface area contributed by atoms with Gasteiger partial charge in [0.1, 0.15) is 0 Å². The first-order valence-corrected chi connectivity index (χ1v) is 6.54. The minimum Gasteiger partial charge on any atom is -0.409 e. The summed E-state index contributed by atoms with van der Waals surface area (Å²) in [5.41, 5.74) is 7.32. The number of aromatic nitrogens is 1. The zero-order valence-electron chi connectivity index (χ0n) is 11.1. The van der Waals surface area contributed by atoms with Gasteiger partial charge in [0, 0.05) is 31.5 Å². The van der Waals surface area contributed by atoms with Crippen LogP contribution in [0.5, 0.6) is 0 Å². The van der Waals surface area contributed by atoms with E-state index in [1.807, 2.05) is 6.92 Å². The van der Waals surface area contributed by atoms with E-state index in [-0.39, 0.29) is 5.84 Å². The molecule has 0 aromatic carbocycles. The van der Waals surface area contributed by atoms with Crippen LogP contribution in [0.4, 0.5) is 5.69 Å². The summed E-state index contributed by atoms with van der Waals surface area (Å²) in [6, 6.07) is 1.76. The van der Waals surface area contributed by atoms with E-state index in [1.54, 1.807) is 18.5 Å². The molecule has 0 spiro atoms. The predicted molar refractivity (Wildman–Crippen MR) is 73.6 cm³/mol. The van der Waals surface area contributed by atoms with E-state index < -0.39 is 0 Å². The van der Waals surface area contributed by atoms with E-state index in [0.717, 1.165) is 38.2 Å². The highest BCUT2D eigenvalue weighted by Gasteiger charge is 2.22. The Labute approximate surface area is 112 Å². The number of piperidine rings is 1. The maximum absolute atomic E-state index is 8.83. The number of pyridine rings is 1. The van der Waals surface area contributed by atoms with Crippen LogP contribution < -0.4 is 10.6 Å². The van der Waals surface area contributed by atoms with Crippen molar-refractivity contribution in [2.45, 2.75) is 25.9 Å². The second kappa shape index (κ2) is 6.38. The summed E-state index contributed by atoms with van der Waals surface area (Å²) in [5.74, 6) is 0.115. The molecule has 6 nitrogen and oxygen atoms in total. The van der Waals surface area contributed by atoms with Crippen molar-refractivity contribution < 1.29 is 9.94 Å². The van der Waals surface area contributed by atoms with Crippen molar-refractivity contribution in [3.63, 3.8) is 0 Å². The van der Waals surface area contributed by atoms with Crippen molar-refractivity contribution in [1.82, 2.24) is 4.98 Å². The number of anilines is 1. The molecule has 0 aliphatic carbocycles. The Hall–Kier alpha value is -1.82. The third-order valence-corrected chi connectivity index (χ3v) is 3.37. The monoisotopic (exact) mass is 264 g/mol. The molecule has 1 saturated heterocycles. The molecule has 1 fully saturated rings. The van der Waals surface area contributed by atoms with Crippen LogP contribution in [-0.2, 0) is 4.74 Å². The smallest absolute Gasteiger partial charge is 0.172 e. The van der Waals surface area contributed by atoms with Crippen LogP contribution in [0.2, 0.25) is 0 Å². The third kappa shape index (κ3) is 3.14. The van der Waals surface area contributed by atoms with E-state index in [1.165, 1.54) is 0 Å². The molecule has 2 heterocycles. The Morgan fingerprint density at radius 1 is 1.58 bits per heavy atom. The first kappa shape index (κ1) is 13.6. The second-order valence-electron chi connectivity index (χ2n) is 4.52. The Kier molecular flexibility index (Phi) is 4.57. The maximum Gasteiger partial charge on any atom is 0.172 e. The van der Waals surface area contributed by atoms with Crippen LogP contribution in [-0.4, -0.2) is 41.8 Å². The molecule has 0 saturated carbocycles. The fourth-order valence-electron chi connectivity index (χ4n) is 2.41. The zero-order chi connectivity index (χ0) is 13.7. The number of hydrogen-bond donors (Lipinski definition) is 2. The van der Waals surface area contributed by atoms with Gasteiger partial charge in [-0.2, -0.15) is 0 Å². The summed E-state index contributed by atoms with van der Waals surface area (Å²) < 4.78 is 5.64. The summed E-state index contributed by atoms with van der Waals surface area (Å²) in [6.45, 7) is 4.56. The topological polar surface area (TPSA) is 84.0 Å². The average molecular weight is 264 g/mol. The fourth-order valence-corrected chi connectivity index (χ4v) is 2.41. The molecule has 1 aromatic rings. The van der Waals surface area contributed by atoms with Gasteiger partial charge in [0.25, 0.3) is 0 Å². The number of rotatable bonds is 4. The van der Waals surface area contributed by atoms with Crippen molar-refractivity contribution in [2.24, 2.45) is 10.9 Å². The van der Waals surface area contributed by atoms with Crippen LogP contribution in [0.1, 0.15) is 25.3 Å². The summed E-state index contributed by atoms with van der Waals surface area (Å²) >= 11 is 0. The number of nitrogens with zero attached hydrogens (tertiary/aromatic N) is 3. The Bertz CT molecular complexity index is 442. The van der Waals surface area contributed by atoms with Crippen LogP contribution >= 0.6 is 0 Å². The van der Waals surface area contributed by atoms with E-state index in [9.17, 15) is 0 Å². The highest BCUT2D eigenvalue weighted by molar-refractivity contribution is 6.02. The largest absolute Gasteiger partial charge is 0.409 e. The minimum absolute atomic E-state index is 0.115. The zero-order valence-corrected chi connectivity index (χ0v) is 11.1. The standard InChI is InChI=1S/C13H20N4O2/c1-2-19-10-4-7-17(8-5-10)12-9-15-6-3-11(12)13(14)16-18/h3,6,9-10,18H,2,4-5,7-8H2,1H3,(H2,14,16). The maximum atomic E-state index is 8.83. The molecule has 19 heavy (non-hydrogen) atoms. The minimum atomic E-state index is 0.115. The molecule has 0 atom stereocenters. The fraction of sp³-hybridized carbons (Fsp3) is 0.538. The van der Waals surface area contributed by atoms with Gasteiger partial charge in [0.15, 0.2) is 5.84 Å². The normalized spacial score (nSPS) is 17.7. The summed E-state index contributed by atoms with van der Waals surface area (Å²) in [5, 5.41) is 11.9. The van der Waals surface area contributed by atoms with Crippen molar-refractivity contribution in [1.29, 1.82) is 0 Å². The Balaban J connectivity index is 2.11. The molecule has 1 aromatic heterocycles. The number of oxime groups is 1. The summed E-state index contributed by atoms with van der Waals surface area (Å²) in [6.07, 6.45) is 5.71. The predicted octanol–water partition coefficient (Wildman–Crippen LogP) is 1.18. The van der Waals surface area contributed by atoms with Gasteiger partial charge in [-0.15, -0.1) is 0 Å². The van der Waals surface area contributed by atoms with Crippen molar-refractivity contribution >= 4 is 11.5 Å². The van der Waals surface area contributed by atoms with Crippen LogP contribution in [0.25, 0.3) is 0 Å². The van der Waals surface area contributed by atoms with Gasteiger partial charge in [-0.3, -0.25) is 4.98 Å². The molecule has 2 rings (SSSR count). The number of amidine groups is 1. The molecule has 0 amide bonds. The molecular weight excluding hydrogens is 244 g/mol. The molecule has 0 bridgehead atoms. The SMILES string of the molecule is CCOC1CCN(c2cnccc2/C(N)=N/O)CC1. The molecule has 0 radical (unpaired) electrons. The van der Waals surface area contributed by atoms with Gasteiger partial charge >= 0.3 is 0 Å². The molecule has 0 unspecified atom stereocenters. The summed E-state index contributed by atoms with van der Waals surface area (Å²) in [7, 11) is 0. The van der Waals surface area contributed by atoms with Crippen LogP contribution in [0, 0.1) is 0 Å². The Morgan fingerprint density at radius 3 is 2.95 bits per heavy atom. The molecule has 104 valence electrons. The number of hydrogen-bond acceptors (Lipinski definition) is 5. The molecule has 1 aliphatic rings. The second-order valence-corrected chi connectivity index (χ2v) is 4.52. The highest BCUT2D eigenvalue weighted by atomic mass is 16.5. The van der Waals surface area contributed by atoms with Gasteiger partial charge in [0.2, 0.25) is 0 Å². The lowest BCUT2D eigenvalue weighted by Crippen LogP contribution is -2.38. The van der Waals surface area contributed by atoms with E-state index in [2.05, 4.69) is 15.0 Å². The van der Waals surface area contributed by atoms with Gasteiger partial charge in [0.05, 0.1) is 18.0 Å². The first-order valence-electron chi connectivity index (χ1n) is 6.54. The molecule has 6 heteroatoms. The van der Waals surface area contributed by atoms with E-state index in [0.29, 0.717) is 11.7 Å². The van der Waals surface area contributed by atoms with Gasteiger partial charge in [-0.05, 0) is 25.8 Å². The molecule has 1 aliphatic heterocycles. The quantitative estimate of drug-likeness (QED) is 0.369. The lowest BCUT2D eigenvalue weighted by molar-refractivity contribution is 0.0459. The van der Waals surface area contributed by atoms with Gasteiger partial charge < -0.3 is 20.6 Å². The van der Waals surface area contributed by atoms with Crippen molar-refractivity contribution in [2.75, 3.05) is 24.6 Å². The van der Waals surface area contributed by atoms with E-state index >= 15 is 0 Å². The number of ether oxygens (including phenoxy) is 1. The third-order valence-electron chi connectivity index (χ3n) is 3.37. The lowest BCUT2D eigenvalue weighted by Gasteiger charge is -2.34. The number of nitrogens with two attached hydrogens (primary N) is 1. The van der Waals surface area contributed by atoms with E-state index in [4.69, 9.17) is 15.7 Å². The van der Waals surface area contributed by atoms with Crippen molar-refractivity contribution in [3.05, 3.63) is 24.0 Å². The van der Waals surface area contributed by atoms with Gasteiger partial charge in [-0.1, -0.05) is 5.16 Å². The summed E-state index contributed by atoms with van der Waals surface area (Å²) in [4.78, 5) is 6.33. The van der Waals surface area contributed by atoms with Crippen LogP contribution in [0.3, 0.4) is 0 Å². The van der Waals surface area contributed by atoms with Crippen molar-refractivity contribution in [3.8, 4) is 0 Å².